The number of hydrogen-bond donors (Lipinski definition) is 2. The first-order valence-electron chi connectivity index (χ1n) is 12.9. The van der Waals surface area contributed by atoms with Crippen molar-refractivity contribution in [3.63, 3.8) is 0 Å². The van der Waals surface area contributed by atoms with Crippen molar-refractivity contribution in [3.05, 3.63) is 71.3 Å². The number of carboxylic acids is 1. The molecule has 0 radical (unpaired) electrons. The topological polar surface area (TPSA) is 107 Å². The number of rotatable bonds is 9. The molecule has 2 aromatic rings. The molecular weight excluding hydrogens is 496 g/mol. The van der Waals surface area contributed by atoms with Crippen molar-refractivity contribution in [2.75, 3.05) is 13.1 Å². The van der Waals surface area contributed by atoms with Crippen molar-refractivity contribution in [1.82, 2.24) is 15.1 Å². The summed E-state index contributed by atoms with van der Waals surface area (Å²) < 4.78 is 26.9. The van der Waals surface area contributed by atoms with Crippen LogP contribution in [0.5, 0.6) is 0 Å². The lowest BCUT2D eigenvalue weighted by atomic mass is 10.0. The lowest BCUT2D eigenvalue weighted by molar-refractivity contribution is -0.143. The highest BCUT2D eigenvalue weighted by molar-refractivity contribution is 5.99. The van der Waals surface area contributed by atoms with E-state index in [9.17, 15) is 33.1 Å². The Balaban J connectivity index is 1.58. The monoisotopic (exact) mass is 527 g/mol. The summed E-state index contributed by atoms with van der Waals surface area (Å²) in [5.41, 5.74) is 0.528. The second-order valence-corrected chi connectivity index (χ2v) is 9.87. The molecule has 2 N–H and O–H groups in total. The number of carboxylic acid groups (broad SMARTS) is 1. The van der Waals surface area contributed by atoms with Gasteiger partial charge in [-0.05, 0) is 54.3 Å². The van der Waals surface area contributed by atoms with Gasteiger partial charge in [0.25, 0.3) is 11.8 Å². The van der Waals surface area contributed by atoms with Crippen LogP contribution >= 0.6 is 0 Å². The molecule has 8 nitrogen and oxygen atoms in total. The van der Waals surface area contributed by atoms with Gasteiger partial charge in [0.1, 0.15) is 11.6 Å². The Bertz CT molecular complexity index is 1170. The van der Waals surface area contributed by atoms with Crippen LogP contribution in [-0.4, -0.2) is 57.9 Å². The molecule has 1 heterocycles. The summed E-state index contributed by atoms with van der Waals surface area (Å²) in [7, 11) is 0. The molecule has 1 saturated carbocycles. The van der Waals surface area contributed by atoms with Crippen LogP contribution in [0.25, 0.3) is 0 Å². The standard InChI is InChI=1S/C28H31F2N3O5/c29-21-10-6-19(7-11-21)23(17-25(35)36)31-26(37)27-32(24(34)14-5-18-3-1-2-4-18)15-16-33(27)28(38)20-8-12-22(30)13-9-20/h6-13,18,23,27H,1-5,14-17H2,(H,31,37)(H,35,36). The van der Waals surface area contributed by atoms with Crippen LogP contribution in [0.3, 0.4) is 0 Å². The van der Waals surface area contributed by atoms with Gasteiger partial charge in [0.15, 0.2) is 6.17 Å². The van der Waals surface area contributed by atoms with Crippen LogP contribution in [0.15, 0.2) is 48.5 Å². The first kappa shape index (κ1) is 27.2. The van der Waals surface area contributed by atoms with Crippen LogP contribution in [0.4, 0.5) is 8.78 Å². The van der Waals surface area contributed by atoms with E-state index in [-0.39, 0.29) is 31.0 Å². The summed E-state index contributed by atoms with van der Waals surface area (Å²) in [5.74, 6) is -3.28. The number of hydrogen-bond acceptors (Lipinski definition) is 4. The van der Waals surface area contributed by atoms with Crippen molar-refractivity contribution < 1.29 is 33.1 Å². The SMILES string of the molecule is O=C(O)CC(NC(=O)C1N(C(=O)CCC2CCCC2)CCN1C(=O)c1ccc(F)cc1)c1ccc(F)cc1. The predicted molar refractivity (Wildman–Crippen MR) is 134 cm³/mol. The second-order valence-electron chi connectivity index (χ2n) is 9.87. The summed E-state index contributed by atoms with van der Waals surface area (Å²) in [6.07, 6.45) is 3.58. The van der Waals surface area contributed by atoms with Gasteiger partial charge in [-0.2, -0.15) is 0 Å². The summed E-state index contributed by atoms with van der Waals surface area (Å²) in [4.78, 5) is 54.4. The Morgan fingerprint density at radius 3 is 2.08 bits per heavy atom. The summed E-state index contributed by atoms with van der Waals surface area (Å²) >= 11 is 0. The maximum atomic E-state index is 13.6. The number of carbonyl (C=O) groups is 4. The van der Waals surface area contributed by atoms with Gasteiger partial charge in [-0.3, -0.25) is 19.2 Å². The Morgan fingerprint density at radius 2 is 1.47 bits per heavy atom. The summed E-state index contributed by atoms with van der Waals surface area (Å²) in [6, 6.07) is 8.96. The van der Waals surface area contributed by atoms with E-state index in [1.807, 2.05) is 0 Å². The molecule has 2 aliphatic rings. The van der Waals surface area contributed by atoms with Crippen molar-refractivity contribution in [2.45, 2.75) is 57.2 Å². The van der Waals surface area contributed by atoms with Crippen molar-refractivity contribution in [1.29, 1.82) is 0 Å². The summed E-state index contributed by atoms with van der Waals surface area (Å²) in [5, 5.41) is 12.1. The van der Waals surface area contributed by atoms with Gasteiger partial charge < -0.3 is 20.2 Å². The first-order chi connectivity index (χ1) is 18.2. The van der Waals surface area contributed by atoms with Gasteiger partial charge in [0, 0.05) is 25.1 Å². The van der Waals surface area contributed by atoms with E-state index in [2.05, 4.69) is 5.32 Å². The van der Waals surface area contributed by atoms with E-state index >= 15 is 0 Å². The highest BCUT2D eigenvalue weighted by Gasteiger charge is 2.43. The molecule has 4 rings (SSSR count). The van der Waals surface area contributed by atoms with Gasteiger partial charge in [-0.1, -0.05) is 37.8 Å². The Kier molecular flexibility index (Phi) is 8.70. The molecule has 0 bridgehead atoms. The number of amides is 3. The van der Waals surface area contributed by atoms with E-state index in [4.69, 9.17) is 0 Å². The van der Waals surface area contributed by atoms with E-state index in [0.29, 0.717) is 17.9 Å². The van der Waals surface area contributed by atoms with Crippen LogP contribution < -0.4 is 5.32 Å². The highest BCUT2D eigenvalue weighted by atomic mass is 19.1. The van der Waals surface area contributed by atoms with E-state index in [1.54, 1.807) is 0 Å². The van der Waals surface area contributed by atoms with Gasteiger partial charge in [0.05, 0.1) is 12.5 Å². The van der Waals surface area contributed by atoms with E-state index < -0.39 is 48.0 Å². The fourth-order valence-corrected chi connectivity index (χ4v) is 5.28. The molecule has 2 atom stereocenters. The fraction of sp³-hybridized carbons (Fsp3) is 0.429. The quantitative estimate of drug-likeness (QED) is 0.515. The number of aliphatic carboxylic acids is 1. The minimum atomic E-state index is -1.31. The average molecular weight is 528 g/mol. The Morgan fingerprint density at radius 1 is 0.895 bits per heavy atom. The molecule has 202 valence electrons. The Labute approximate surface area is 219 Å². The Hall–Kier alpha value is -3.82. The number of halogens is 2. The molecule has 0 aromatic heterocycles. The molecule has 2 aromatic carbocycles. The smallest absolute Gasteiger partial charge is 0.305 e. The molecular formula is C28H31F2N3O5. The zero-order valence-corrected chi connectivity index (χ0v) is 20.9. The molecule has 3 amide bonds. The third-order valence-electron chi connectivity index (χ3n) is 7.29. The third-order valence-corrected chi connectivity index (χ3v) is 7.29. The molecule has 1 saturated heterocycles. The molecule has 10 heteroatoms. The first-order valence-corrected chi connectivity index (χ1v) is 12.9. The molecule has 38 heavy (non-hydrogen) atoms. The van der Waals surface area contributed by atoms with Crippen molar-refractivity contribution in [3.8, 4) is 0 Å². The van der Waals surface area contributed by atoms with Crippen molar-refractivity contribution >= 4 is 23.7 Å². The second kappa shape index (κ2) is 12.1. The number of benzene rings is 2. The minimum Gasteiger partial charge on any atom is -0.481 e. The van der Waals surface area contributed by atoms with Crippen LogP contribution in [0.2, 0.25) is 0 Å². The largest absolute Gasteiger partial charge is 0.481 e. The maximum Gasteiger partial charge on any atom is 0.305 e. The normalized spacial score (nSPS) is 18.4. The molecule has 2 fully saturated rings. The molecule has 2 unspecified atom stereocenters. The fourth-order valence-electron chi connectivity index (χ4n) is 5.28. The van der Waals surface area contributed by atoms with Crippen LogP contribution in [0.1, 0.15) is 66.9 Å². The maximum absolute atomic E-state index is 13.6. The minimum absolute atomic E-state index is 0.0869. The highest BCUT2D eigenvalue weighted by Crippen LogP contribution is 2.30. The predicted octanol–water partition coefficient (Wildman–Crippen LogP) is 3.88. The van der Waals surface area contributed by atoms with Gasteiger partial charge in [-0.15, -0.1) is 0 Å². The zero-order chi connectivity index (χ0) is 27.2. The molecule has 1 aliphatic carbocycles. The number of nitrogens with one attached hydrogen (secondary N) is 1. The van der Waals surface area contributed by atoms with Gasteiger partial charge >= 0.3 is 5.97 Å². The lowest BCUT2D eigenvalue weighted by Crippen LogP contribution is -2.54. The van der Waals surface area contributed by atoms with Crippen LogP contribution in [-0.2, 0) is 14.4 Å². The van der Waals surface area contributed by atoms with Gasteiger partial charge in [0.2, 0.25) is 5.91 Å². The zero-order valence-electron chi connectivity index (χ0n) is 20.9. The van der Waals surface area contributed by atoms with E-state index in [0.717, 1.165) is 49.9 Å². The van der Waals surface area contributed by atoms with Crippen LogP contribution in [0, 0.1) is 17.6 Å². The number of nitrogens with zero attached hydrogens (tertiary/aromatic N) is 2. The molecule has 1 aliphatic heterocycles. The lowest BCUT2D eigenvalue weighted by Gasteiger charge is -2.31. The summed E-state index contributed by atoms with van der Waals surface area (Å²) in [6.45, 7) is 0.221. The molecule has 0 spiro atoms. The van der Waals surface area contributed by atoms with E-state index in [1.165, 1.54) is 34.1 Å². The number of carbonyl (C=O) groups excluding carboxylic acids is 3. The van der Waals surface area contributed by atoms with Crippen molar-refractivity contribution in [2.24, 2.45) is 5.92 Å². The van der Waals surface area contributed by atoms with Gasteiger partial charge in [-0.25, -0.2) is 8.78 Å². The average Bonchev–Trinajstić information content (AvgIpc) is 3.57. The third kappa shape index (κ3) is 6.54.